The van der Waals surface area contributed by atoms with Crippen molar-refractivity contribution in [3.63, 3.8) is 0 Å². The molecule has 0 spiro atoms. The number of carbonyl (C=O) groups excluding carboxylic acids is 1. The van der Waals surface area contributed by atoms with Gasteiger partial charge in [-0.25, -0.2) is 0 Å². The third-order valence-electron chi connectivity index (χ3n) is 6.08. The van der Waals surface area contributed by atoms with Crippen molar-refractivity contribution in [2.24, 2.45) is 0 Å². The van der Waals surface area contributed by atoms with E-state index in [1.807, 2.05) is 12.1 Å². The molecule has 0 aliphatic heterocycles. The Labute approximate surface area is 226 Å². The summed E-state index contributed by atoms with van der Waals surface area (Å²) < 4.78 is 62.9. The summed E-state index contributed by atoms with van der Waals surface area (Å²) in [6.07, 6.45) is -5.05. The zero-order valence-corrected chi connectivity index (χ0v) is 21.0. The summed E-state index contributed by atoms with van der Waals surface area (Å²) in [5.74, 6) is -3.73. The molecular formula is C31H21F3O6. The highest BCUT2D eigenvalue weighted by Gasteiger charge is 2.40. The highest BCUT2D eigenvalue weighted by molar-refractivity contribution is 5.86. The second-order valence-corrected chi connectivity index (χ2v) is 8.70. The fourth-order valence-corrected chi connectivity index (χ4v) is 4.19. The lowest BCUT2D eigenvalue weighted by Crippen LogP contribution is -2.20. The summed E-state index contributed by atoms with van der Waals surface area (Å²) in [4.78, 5) is 26.4. The first kappa shape index (κ1) is 26.6. The van der Waals surface area contributed by atoms with Crippen molar-refractivity contribution in [3.8, 4) is 23.0 Å². The molecule has 4 aromatic carbocycles. The van der Waals surface area contributed by atoms with Gasteiger partial charge in [0.15, 0.2) is 0 Å². The molecular weight excluding hydrogens is 525 g/mol. The average molecular weight is 546 g/mol. The summed E-state index contributed by atoms with van der Waals surface area (Å²) in [6, 6.07) is 27.2. The number of benzene rings is 4. The molecule has 202 valence electrons. The maximum atomic E-state index is 14.0. The SMILES string of the molecule is COc1ccc(Oc2c(C(F)(F)F)oc3cc(OC(=O)C(c4ccccc4)c4ccccc4)ccc3c2=O)cc1. The zero-order chi connectivity index (χ0) is 28.3. The smallest absolute Gasteiger partial charge is 0.453 e. The van der Waals surface area contributed by atoms with Gasteiger partial charge in [-0.1, -0.05) is 60.7 Å². The molecule has 0 amide bonds. The van der Waals surface area contributed by atoms with E-state index >= 15 is 0 Å². The number of carbonyl (C=O) groups is 1. The fourth-order valence-electron chi connectivity index (χ4n) is 4.19. The second-order valence-electron chi connectivity index (χ2n) is 8.70. The first-order chi connectivity index (χ1) is 19.2. The summed E-state index contributed by atoms with van der Waals surface area (Å²) in [5, 5.41) is -0.182. The molecule has 5 aromatic rings. The first-order valence-electron chi connectivity index (χ1n) is 12.1. The molecule has 0 unspecified atom stereocenters. The van der Waals surface area contributed by atoms with Gasteiger partial charge in [0, 0.05) is 6.07 Å². The van der Waals surface area contributed by atoms with Crippen LogP contribution in [-0.2, 0) is 11.0 Å². The van der Waals surface area contributed by atoms with Gasteiger partial charge in [-0.05, 0) is 47.5 Å². The van der Waals surface area contributed by atoms with Crippen LogP contribution in [0.4, 0.5) is 13.2 Å². The lowest BCUT2D eigenvalue weighted by molar-refractivity contribution is -0.154. The quantitative estimate of drug-likeness (QED) is 0.157. The molecule has 0 bridgehead atoms. The van der Waals surface area contributed by atoms with Crippen LogP contribution in [0.25, 0.3) is 11.0 Å². The van der Waals surface area contributed by atoms with Gasteiger partial charge in [0.2, 0.25) is 11.2 Å². The van der Waals surface area contributed by atoms with E-state index in [0.29, 0.717) is 16.9 Å². The predicted molar refractivity (Wildman–Crippen MR) is 141 cm³/mol. The van der Waals surface area contributed by atoms with Crippen molar-refractivity contribution in [1.82, 2.24) is 0 Å². The average Bonchev–Trinajstić information content (AvgIpc) is 2.95. The van der Waals surface area contributed by atoms with E-state index in [1.165, 1.54) is 43.5 Å². The van der Waals surface area contributed by atoms with Gasteiger partial charge in [0.05, 0.1) is 12.5 Å². The summed E-state index contributed by atoms with van der Waals surface area (Å²) in [5.41, 5.74) is -0.106. The highest BCUT2D eigenvalue weighted by atomic mass is 19.4. The fraction of sp³-hybridized carbons (Fsp3) is 0.0968. The minimum Gasteiger partial charge on any atom is -0.497 e. The molecule has 0 atom stereocenters. The van der Waals surface area contributed by atoms with Crippen molar-refractivity contribution in [2.45, 2.75) is 12.1 Å². The van der Waals surface area contributed by atoms with Crippen LogP contribution in [0, 0.1) is 0 Å². The zero-order valence-electron chi connectivity index (χ0n) is 21.0. The number of fused-ring (bicyclic) bond motifs is 1. The lowest BCUT2D eigenvalue weighted by atomic mass is 9.91. The number of methoxy groups -OCH3 is 1. The van der Waals surface area contributed by atoms with Gasteiger partial charge < -0.3 is 18.6 Å². The molecule has 6 nitrogen and oxygen atoms in total. The lowest BCUT2D eigenvalue weighted by Gasteiger charge is -2.17. The van der Waals surface area contributed by atoms with E-state index in [-0.39, 0.29) is 16.9 Å². The third kappa shape index (κ3) is 5.54. The van der Waals surface area contributed by atoms with Gasteiger partial charge >= 0.3 is 12.1 Å². The summed E-state index contributed by atoms with van der Waals surface area (Å²) in [6.45, 7) is 0. The van der Waals surface area contributed by atoms with Gasteiger partial charge in [0.1, 0.15) is 28.7 Å². The Morgan fingerprint density at radius 2 is 1.32 bits per heavy atom. The van der Waals surface area contributed by atoms with Crippen LogP contribution in [0.2, 0.25) is 0 Å². The van der Waals surface area contributed by atoms with E-state index in [1.54, 1.807) is 48.5 Å². The maximum Gasteiger partial charge on any atom is 0.453 e. The van der Waals surface area contributed by atoms with Gasteiger partial charge in [-0.15, -0.1) is 0 Å². The molecule has 0 fully saturated rings. The normalized spacial score (nSPS) is 11.4. The number of esters is 1. The van der Waals surface area contributed by atoms with Gasteiger partial charge in [-0.2, -0.15) is 13.2 Å². The van der Waals surface area contributed by atoms with E-state index < -0.39 is 40.6 Å². The maximum absolute atomic E-state index is 14.0. The summed E-state index contributed by atoms with van der Waals surface area (Å²) >= 11 is 0. The van der Waals surface area contributed by atoms with Crippen LogP contribution in [0.3, 0.4) is 0 Å². The Balaban J connectivity index is 1.52. The number of alkyl halides is 3. The van der Waals surface area contributed by atoms with E-state index in [0.717, 1.165) is 6.07 Å². The first-order valence-corrected chi connectivity index (χ1v) is 12.1. The molecule has 5 rings (SSSR count). The Hall–Kier alpha value is -5.05. The molecule has 40 heavy (non-hydrogen) atoms. The monoisotopic (exact) mass is 546 g/mol. The predicted octanol–water partition coefficient (Wildman–Crippen LogP) is 7.35. The van der Waals surface area contributed by atoms with Crippen LogP contribution >= 0.6 is 0 Å². The van der Waals surface area contributed by atoms with E-state index in [4.69, 9.17) is 18.6 Å². The van der Waals surface area contributed by atoms with Crippen LogP contribution in [0.1, 0.15) is 22.8 Å². The van der Waals surface area contributed by atoms with Crippen molar-refractivity contribution in [1.29, 1.82) is 0 Å². The Kier molecular flexibility index (Phi) is 7.29. The largest absolute Gasteiger partial charge is 0.497 e. The molecule has 0 saturated heterocycles. The van der Waals surface area contributed by atoms with E-state index in [9.17, 15) is 22.8 Å². The number of rotatable bonds is 7. The van der Waals surface area contributed by atoms with Crippen molar-refractivity contribution >= 4 is 16.9 Å². The molecule has 0 aliphatic rings. The molecule has 0 saturated carbocycles. The Morgan fingerprint density at radius 3 is 1.88 bits per heavy atom. The standard InChI is InChI=1S/C31H21F3O6/c1-37-21-12-14-22(15-13-21)38-28-27(35)24-17-16-23(18-25(24)40-29(28)31(32,33)34)39-30(36)26(19-8-4-2-5-9-19)20-10-6-3-7-11-20/h2-18,26H,1H3. The van der Waals surface area contributed by atoms with Crippen molar-refractivity contribution in [2.75, 3.05) is 7.11 Å². The molecule has 1 aromatic heterocycles. The molecule has 0 aliphatic carbocycles. The van der Waals surface area contributed by atoms with Crippen LogP contribution < -0.4 is 19.6 Å². The van der Waals surface area contributed by atoms with Crippen LogP contribution in [0.15, 0.2) is 112 Å². The molecule has 0 N–H and O–H groups in total. The minimum atomic E-state index is -5.05. The van der Waals surface area contributed by atoms with Gasteiger partial charge in [0.25, 0.3) is 5.76 Å². The third-order valence-corrected chi connectivity index (χ3v) is 6.08. The van der Waals surface area contributed by atoms with Crippen LogP contribution in [-0.4, -0.2) is 13.1 Å². The number of hydrogen-bond acceptors (Lipinski definition) is 6. The Morgan fingerprint density at radius 1 is 0.775 bits per heavy atom. The second kappa shape index (κ2) is 11.0. The number of halogens is 3. The molecule has 0 radical (unpaired) electrons. The highest BCUT2D eigenvalue weighted by Crippen LogP contribution is 2.39. The Bertz CT molecular complexity index is 1660. The summed E-state index contributed by atoms with van der Waals surface area (Å²) in [7, 11) is 1.44. The molecule has 9 heteroatoms. The molecule has 1 heterocycles. The number of ether oxygens (including phenoxy) is 3. The van der Waals surface area contributed by atoms with Crippen LogP contribution in [0.5, 0.6) is 23.0 Å². The van der Waals surface area contributed by atoms with Crippen molar-refractivity contribution < 1.29 is 36.6 Å². The number of hydrogen-bond donors (Lipinski definition) is 0. The minimum absolute atomic E-state index is 0.0173. The van der Waals surface area contributed by atoms with Crippen molar-refractivity contribution in [3.05, 3.63) is 130 Å². The van der Waals surface area contributed by atoms with E-state index in [2.05, 4.69) is 0 Å². The van der Waals surface area contributed by atoms with Gasteiger partial charge in [-0.3, -0.25) is 9.59 Å². The topological polar surface area (TPSA) is 75.0 Å².